The molecule has 0 aliphatic carbocycles. The first-order valence-electron chi connectivity index (χ1n) is 13.2. The third kappa shape index (κ3) is 6.47. The van der Waals surface area contributed by atoms with Crippen LogP contribution in [0.4, 0.5) is 5.82 Å². The monoisotopic (exact) mass is 615 g/mol. The molecule has 214 valence electrons. The van der Waals surface area contributed by atoms with Crippen molar-refractivity contribution in [3.05, 3.63) is 45.7 Å². The molecule has 1 aromatic carbocycles. The Morgan fingerprint density at radius 1 is 1.21 bits per heavy atom. The van der Waals surface area contributed by atoms with Gasteiger partial charge in [-0.15, -0.1) is 12.4 Å². The lowest BCUT2D eigenvalue weighted by atomic mass is 9.91. The highest BCUT2D eigenvalue weighted by molar-refractivity contribution is 7.89. The number of benzene rings is 1. The van der Waals surface area contributed by atoms with Gasteiger partial charge in [0.15, 0.2) is 5.65 Å². The van der Waals surface area contributed by atoms with E-state index in [0.717, 1.165) is 67.1 Å². The lowest BCUT2D eigenvalue weighted by Crippen LogP contribution is -2.52. The minimum atomic E-state index is -3.44. The molecule has 2 aliphatic rings. The molecule has 0 bridgehead atoms. The second-order valence-corrected chi connectivity index (χ2v) is 13.3. The number of aromatic nitrogens is 4. The van der Waals surface area contributed by atoms with Crippen LogP contribution in [0.25, 0.3) is 11.2 Å². The fourth-order valence-corrected chi connectivity index (χ4v) is 7.34. The Bertz CT molecular complexity index is 1430. The van der Waals surface area contributed by atoms with Crippen molar-refractivity contribution in [2.45, 2.75) is 64.6 Å². The van der Waals surface area contributed by atoms with Crippen LogP contribution in [0.15, 0.2) is 24.4 Å². The molecule has 13 heteroatoms. The lowest BCUT2D eigenvalue weighted by molar-refractivity contribution is 0.113. The Hall–Kier alpha value is -1.69. The van der Waals surface area contributed by atoms with Gasteiger partial charge in [-0.25, -0.2) is 28.2 Å². The Morgan fingerprint density at radius 2 is 1.97 bits per heavy atom. The standard InChI is InChI=1S/C26H35Cl2N7O2S.ClH/c1-16-15-33(11-8-23(16)34-10-4-5-20(34)9-12-38(29,36)37)24-14-30-25-17(2)32-35(26(25)31-24)18(3)21-7-6-19(27)13-22(21)28;/h6-7,13-14,16,18,20,23H,4-5,8-12,15H2,1-3H3,(H2,29,36,37);1H/t16-,18-,20?,23+;/m1./s1. The van der Waals surface area contributed by atoms with Gasteiger partial charge in [0.25, 0.3) is 0 Å². The number of nitrogens with two attached hydrogens (primary N) is 1. The van der Waals surface area contributed by atoms with Gasteiger partial charge in [0.1, 0.15) is 11.3 Å². The summed E-state index contributed by atoms with van der Waals surface area (Å²) in [5, 5.41) is 11.2. The van der Waals surface area contributed by atoms with Gasteiger partial charge in [-0.05, 0) is 69.7 Å². The molecule has 2 aromatic heterocycles. The predicted octanol–water partition coefficient (Wildman–Crippen LogP) is 4.83. The highest BCUT2D eigenvalue weighted by Crippen LogP contribution is 2.34. The smallest absolute Gasteiger partial charge is 0.209 e. The van der Waals surface area contributed by atoms with Crippen molar-refractivity contribution in [2.75, 3.05) is 30.3 Å². The van der Waals surface area contributed by atoms with E-state index >= 15 is 0 Å². The minimum Gasteiger partial charge on any atom is -0.355 e. The molecule has 39 heavy (non-hydrogen) atoms. The summed E-state index contributed by atoms with van der Waals surface area (Å²) in [7, 11) is -3.44. The lowest BCUT2D eigenvalue weighted by Gasteiger charge is -2.43. The van der Waals surface area contributed by atoms with Crippen molar-refractivity contribution in [3.63, 3.8) is 0 Å². The van der Waals surface area contributed by atoms with Crippen LogP contribution in [-0.4, -0.2) is 70.5 Å². The van der Waals surface area contributed by atoms with Crippen LogP contribution in [0.5, 0.6) is 0 Å². The van der Waals surface area contributed by atoms with Gasteiger partial charge in [-0.2, -0.15) is 5.10 Å². The van der Waals surface area contributed by atoms with Crippen LogP contribution in [-0.2, 0) is 10.0 Å². The number of sulfonamides is 1. The Morgan fingerprint density at radius 3 is 2.67 bits per heavy atom. The fraction of sp³-hybridized carbons (Fsp3) is 0.577. The van der Waals surface area contributed by atoms with Crippen molar-refractivity contribution in [1.82, 2.24) is 24.6 Å². The molecular formula is C26H36Cl3N7O2S. The van der Waals surface area contributed by atoms with E-state index in [1.165, 1.54) is 0 Å². The molecule has 4 atom stereocenters. The zero-order chi connectivity index (χ0) is 27.2. The first kappa shape index (κ1) is 30.3. The first-order chi connectivity index (χ1) is 18.0. The largest absolute Gasteiger partial charge is 0.355 e. The molecule has 3 aromatic rings. The average molecular weight is 617 g/mol. The SMILES string of the molecule is Cc1nn([C@H](C)c2ccc(Cl)cc2Cl)c2nc(N3CC[C@H](N4CCCC4CCS(N)(=O)=O)[C@H](C)C3)cnc12.Cl. The number of rotatable bonds is 7. The molecule has 4 heterocycles. The summed E-state index contributed by atoms with van der Waals surface area (Å²) in [6.45, 7) is 9.00. The zero-order valence-electron chi connectivity index (χ0n) is 22.4. The van der Waals surface area contributed by atoms with Gasteiger partial charge in [0.05, 0.1) is 23.7 Å². The van der Waals surface area contributed by atoms with E-state index in [4.69, 9.17) is 43.4 Å². The summed E-state index contributed by atoms with van der Waals surface area (Å²) in [6.07, 6.45) is 5.57. The van der Waals surface area contributed by atoms with E-state index in [-0.39, 0.29) is 30.2 Å². The minimum absolute atomic E-state index is 0. The van der Waals surface area contributed by atoms with E-state index in [2.05, 4.69) is 16.7 Å². The molecule has 9 nitrogen and oxygen atoms in total. The second-order valence-electron chi connectivity index (χ2n) is 10.7. The molecule has 0 saturated carbocycles. The Kier molecular flexibility index (Phi) is 9.35. The van der Waals surface area contributed by atoms with Gasteiger partial charge in [0, 0.05) is 35.2 Å². The quantitative estimate of drug-likeness (QED) is 0.405. The number of halogens is 3. The van der Waals surface area contributed by atoms with E-state index in [9.17, 15) is 8.42 Å². The summed E-state index contributed by atoms with van der Waals surface area (Å²) in [4.78, 5) is 14.6. The van der Waals surface area contributed by atoms with Gasteiger partial charge in [-0.1, -0.05) is 36.2 Å². The zero-order valence-corrected chi connectivity index (χ0v) is 25.6. The number of fused-ring (bicyclic) bond motifs is 1. The highest BCUT2D eigenvalue weighted by Gasteiger charge is 2.37. The molecule has 1 unspecified atom stereocenters. The van der Waals surface area contributed by atoms with Crippen LogP contribution >= 0.6 is 35.6 Å². The van der Waals surface area contributed by atoms with Crippen LogP contribution < -0.4 is 10.0 Å². The normalized spacial score (nSPS) is 23.2. The van der Waals surface area contributed by atoms with E-state index in [1.54, 1.807) is 6.07 Å². The van der Waals surface area contributed by atoms with Crippen molar-refractivity contribution in [3.8, 4) is 0 Å². The predicted molar refractivity (Wildman–Crippen MR) is 160 cm³/mol. The third-order valence-electron chi connectivity index (χ3n) is 8.11. The number of primary sulfonamides is 1. The molecule has 0 radical (unpaired) electrons. The molecular weight excluding hydrogens is 581 g/mol. The maximum absolute atomic E-state index is 11.5. The van der Waals surface area contributed by atoms with E-state index < -0.39 is 10.0 Å². The topological polar surface area (TPSA) is 110 Å². The molecule has 2 N–H and O–H groups in total. The van der Waals surface area contributed by atoms with Crippen LogP contribution in [0.3, 0.4) is 0 Å². The molecule has 2 aliphatic heterocycles. The van der Waals surface area contributed by atoms with Gasteiger partial charge >= 0.3 is 0 Å². The van der Waals surface area contributed by atoms with E-state index in [0.29, 0.717) is 28.4 Å². The number of likely N-dealkylation sites (tertiary alicyclic amines) is 1. The average Bonchev–Trinajstić information content (AvgIpc) is 3.46. The molecule has 0 spiro atoms. The number of hydrogen-bond acceptors (Lipinski definition) is 7. The summed E-state index contributed by atoms with van der Waals surface area (Å²) >= 11 is 12.6. The van der Waals surface area contributed by atoms with Crippen LogP contribution in [0, 0.1) is 12.8 Å². The Labute approximate surface area is 246 Å². The summed E-state index contributed by atoms with van der Waals surface area (Å²) in [6, 6.07) is 6.06. The third-order valence-corrected chi connectivity index (χ3v) is 9.47. The number of anilines is 1. The fourth-order valence-electron chi connectivity index (χ4n) is 6.18. The summed E-state index contributed by atoms with van der Waals surface area (Å²) in [5.74, 6) is 1.28. The number of nitrogens with zero attached hydrogens (tertiary/aromatic N) is 6. The van der Waals surface area contributed by atoms with E-state index in [1.807, 2.05) is 36.9 Å². The van der Waals surface area contributed by atoms with Crippen LogP contribution in [0.2, 0.25) is 10.0 Å². The second kappa shape index (κ2) is 12.0. The van der Waals surface area contributed by atoms with Gasteiger partial charge in [0.2, 0.25) is 10.0 Å². The van der Waals surface area contributed by atoms with Crippen molar-refractivity contribution >= 4 is 62.6 Å². The van der Waals surface area contributed by atoms with Gasteiger partial charge in [-0.3, -0.25) is 4.90 Å². The van der Waals surface area contributed by atoms with Crippen molar-refractivity contribution < 1.29 is 8.42 Å². The number of hydrogen-bond donors (Lipinski definition) is 1. The summed E-state index contributed by atoms with van der Waals surface area (Å²) in [5.41, 5.74) is 3.26. The summed E-state index contributed by atoms with van der Waals surface area (Å²) < 4.78 is 25.0. The first-order valence-corrected chi connectivity index (χ1v) is 15.7. The maximum Gasteiger partial charge on any atom is 0.209 e. The van der Waals surface area contributed by atoms with Crippen molar-refractivity contribution in [2.24, 2.45) is 11.1 Å². The van der Waals surface area contributed by atoms with Crippen molar-refractivity contribution in [1.29, 1.82) is 0 Å². The highest BCUT2D eigenvalue weighted by atomic mass is 35.5. The molecule has 0 amide bonds. The van der Waals surface area contributed by atoms with Gasteiger partial charge < -0.3 is 4.90 Å². The molecule has 2 fully saturated rings. The number of piperidine rings is 1. The Balaban J connectivity index is 0.00000353. The maximum atomic E-state index is 11.5. The molecule has 2 saturated heterocycles. The molecule has 5 rings (SSSR count). The van der Waals surface area contributed by atoms with Crippen LogP contribution in [0.1, 0.15) is 56.8 Å². The number of aryl methyl sites for hydroxylation is 1.